The molecule has 13 aliphatic rings. The third-order valence-electron chi connectivity index (χ3n) is 30.8. The van der Waals surface area contributed by atoms with Gasteiger partial charge in [0.05, 0.1) is 70.0 Å². The summed E-state index contributed by atoms with van der Waals surface area (Å²) < 4.78 is 101. The quantitative estimate of drug-likeness (QED) is 0.0150. The zero-order valence-electron chi connectivity index (χ0n) is 72.2. The molecular weight excluding hydrogens is 1710 g/mol. The van der Waals surface area contributed by atoms with E-state index in [1.807, 2.05) is 6.92 Å². The summed E-state index contributed by atoms with van der Waals surface area (Å²) in [5.41, 5.74) is -2.49. The fourth-order valence-corrected chi connectivity index (χ4v) is 22.8. The van der Waals surface area contributed by atoms with Crippen molar-refractivity contribution in [3.63, 3.8) is 0 Å². The van der Waals surface area contributed by atoms with Gasteiger partial charge in [0.2, 0.25) is 6.29 Å². The fourth-order valence-electron chi connectivity index (χ4n) is 22.8. The Morgan fingerprint density at radius 2 is 1.00 bits per heavy atom. The van der Waals surface area contributed by atoms with Gasteiger partial charge in [0.1, 0.15) is 165 Å². The summed E-state index contributed by atoms with van der Waals surface area (Å²) in [6.07, 6.45) is -58.4. The molecule has 8 aliphatic heterocycles. The van der Waals surface area contributed by atoms with Crippen LogP contribution in [-0.2, 0) is 90.1 Å². The van der Waals surface area contributed by atoms with Crippen molar-refractivity contribution in [3.05, 3.63) is 41.5 Å². The molecule has 0 radical (unpaired) electrons. The van der Waals surface area contributed by atoms with E-state index in [2.05, 4.69) is 40.7 Å². The van der Waals surface area contributed by atoms with Gasteiger partial charge in [0.15, 0.2) is 61.6 Å². The summed E-state index contributed by atoms with van der Waals surface area (Å²) in [6.45, 7) is 10.9. The van der Waals surface area contributed by atoms with E-state index in [9.17, 15) is 127 Å². The van der Waals surface area contributed by atoms with Gasteiger partial charge in [-0.05, 0) is 141 Å². The second-order valence-electron chi connectivity index (χ2n) is 38.9. The summed E-state index contributed by atoms with van der Waals surface area (Å²) in [5.74, 6) is -3.39. The fraction of sp³-hybridized carbons (Fsp3) is 0.859. The number of aliphatic hydroxyl groups is 22. The first-order valence-corrected chi connectivity index (χ1v) is 44.1. The molecular formula is C85H130O43. The van der Waals surface area contributed by atoms with Crippen LogP contribution in [0.25, 0.3) is 6.08 Å². The molecule has 0 unspecified atom stereocenters. The molecule has 728 valence electrons. The largest absolute Gasteiger partial charge is 0.504 e. The molecule has 128 heavy (non-hydrogen) atoms. The van der Waals surface area contributed by atoms with E-state index >= 15 is 4.79 Å². The van der Waals surface area contributed by atoms with Gasteiger partial charge in [-0.1, -0.05) is 59.3 Å². The molecule has 43 nitrogen and oxygen atoms in total. The van der Waals surface area contributed by atoms with Crippen LogP contribution in [0.4, 0.5) is 0 Å². The number of phenols is 2. The van der Waals surface area contributed by atoms with Crippen LogP contribution in [0.2, 0.25) is 0 Å². The lowest BCUT2D eigenvalue weighted by Gasteiger charge is -2.71. The Morgan fingerprint density at radius 3 is 1.66 bits per heavy atom. The Balaban J connectivity index is 0.601. The van der Waals surface area contributed by atoms with Gasteiger partial charge in [-0.2, -0.15) is 0 Å². The third-order valence-corrected chi connectivity index (χ3v) is 30.8. The lowest BCUT2D eigenvalue weighted by atomic mass is 9.33. The average molecular weight is 1840 g/mol. The minimum atomic E-state index is -2.13. The second kappa shape index (κ2) is 39.1. The molecule has 8 heterocycles. The maximum atomic E-state index is 15.4. The molecule has 12 fully saturated rings. The highest BCUT2D eigenvalue weighted by molar-refractivity contribution is 5.87. The Labute approximate surface area is 736 Å². The van der Waals surface area contributed by atoms with Crippen molar-refractivity contribution in [1.29, 1.82) is 0 Å². The first kappa shape index (κ1) is 99.7. The number of fused-ring (bicyclic) bond motifs is 7. The van der Waals surface area contributed by atoms with Crippen molar-refractivity contribution in [2.45, 2.75) is 359 Å². The number of aromatic hydroxyl groups is 2. The molecule has 43 heteroatoms. The lowest BCUT2D eigenvalue weighted by Crippen LogP contribution is -2.67. The number of esters is 2. The average Bonchev–Trinajstić information content (AvgIpc) is 0.672. The van der Waals surface area contributed by atoms with Crippen LogP contribution in [0.1, 0.15) is 125 Å². The first-order chi connectivity index (χ1) is 60.3. The van der Waals surface area contributed by atoms with Crippen molar-refractivity contribution in [3.8, 4) is 11.5 Å². The number of aliphatic hydroxyl groups excluding tert-OH is 22. The third kappa shape index (κ3) is 18.4. The van der Waals surface area contributed by atoms with E-state index in [1.165, 1.54) is 26.0 Å². The smallest absolute Gasteiger partial charge is 0.331 e. The molecule has 1 aromatic carbocycles. The molecule has 0 aromatic heterocycles. The normalized spacial score (nSPS) is 51.0. The number of benzene rings is 1. The second-order valence-corrected chi connectivity index (χ2v) is 38.9. The number of hydrogen-bond donors (Lipinski definition) is 24. The minimum absolute atomic E-state index is 0.00235. The number of hydrogen-bond acceptors (Lipinski definition) is 43. The van der Waals surface area contributed by atoms with Gasteiger partial charge in [-0.25, -0.2) is 4.79 Å². The summed E-state index contributed by atoms with van der Waals surface area (Å²) >= 11 is 0. The molecule has 5 aliphatic carbocycles. The zero-order chi connectivity index (χ0) is 93.0. The Hall–Kier alpha value is -4.24. The van der Waals surface area contributed by atoms with Gasteiger partial charge in [-0.15, -0.1) is 0 Å². The highest BCUT2D eigenvalue weighted by atomic mass is 16.8. The van der Waals surface area contributed by atoms with Crippen LogP contribution in [-0.4, -0.2) is 420 Å². The van der Waals surface area contributed by atoms with Crippen LogP contribution < -0.4 is 0 Å². The molecule has 4 saturated carbocycles. The summed E-state index contributed by atoms with van der Waals surface area (Å²) in [7, 11) is 0. The topological polar surface area (TPSA) is 677 Å². The number of carbonyl (C=O) groups is 2. The van der Waals surface area contributed by atoms with E-state index in [-0.39, 0.29) is 35.3 Å². The van der Waals surface area contributed by atoms with Crippen molar-refractivity contribution >= 4 is 18.0 Å². The summed E-state index contributed by atoms with van der Waals surface area (Å²) in [6, 6.07) is 3.60. The maximum Gasteiger partial charge on any atom is 0.331 e. The van der Waals surface area contributed by atoms with Gasteiger partial charge < -0.3 is 203 Å². The predicted octanol–water partition coefficient (Wildman–Crippen LogP) is -6.76. The summed E-state index contributed by atoms with van der Waals surface area (Å²) in [5, 5.41) is 265. The van der Waals surface area contributed by atoms with Crippen LogP contribution in [0.15, 0.2) is 35.9 Å². The zero-order valence-corrected chi connectivity index (χ0v) is 72.2. The SMILES string of the molecule is C[C@@H]1O[C@@H](O[C@H]2[C@H](O)[C@@H](O)[C@H](OC[C@H]3O[C@@H](OC(=O)[C@]45CCC(C)(C)C[C@H]4C4=CC[C@@H]6[C@@]7(C)CC[C@H](O[C@@H]8OC[C@H](O)[C@H](O)[C@H]8O[C@@H]8O[C@@H](C)[C@H](O)[C@@H](O[C@@H]9OC[C@@H](O[C@@H]%10O[C@H](CO)[C@@H](O[C@@H]%11O[C@H](CO)[C@@H](O)[C@H](O)[C@H]%11OC(=O)/C=C/c%11ccc(O)c(O)c%11)[C@H](O)[C@H]%10O)[C@@H](O)[C@H]9O)[C@H]8O)[C@@](C)(CO)[C@@H]7CC[C@@]6(C)[C@]4(C)CC5)[C@H](O)[C@@H](O)[C@@H]3O)O[C@@H]2CO)[C@H](O)[C@H](O)[C@H]1O. The van der Waals surface area contributed by atoms with E-state index in [4.69, 9.17) is 80.5 Å². The first-order valence-electron chi connectivity index (χ1n) is 44.1. The number of phenolic OH excluding ortho intramolecular Hbond substituents is 2. The molecule has 1 aromatic rings. The molecule has 0 amide bonds. The number of ether oxygens (including phenoxy) is 17. The Morgan fingerprint density at radius 1 is 0.453 bits per heavy atom. The number of carbonyl (C=O) groups excluding carboxylic acids is 2. The van der Waals surface area contributed by atoms with Crippen LogP contribution in [0.5, 0.6) is 11.5 Å². The van der Waals surface area contributed by atoms with E-state index in [0.717, 1.165) is 23.8 Å². The highest BCUT2D eigenvalue weighted by Crippen LogP contribution is 2.76. The molecule has 47 atom stereocenters. The molecule has 8 saturated heterocycles. The Kier molecular flexibility index (Phi) is 30.5. The molecule has 24 N–H and O–H groups in total. The molecule has 0 bridgehead atoms. The van der Waals surface area contributed by atoms with Crippen LogP contribution in [0.3, 0.4) is 0 Å². The van der Waals surface area contributed by atoms with Crippen molar-refractivity contribution in [2.75, 3.05) is 46.2 Å². The minimum Gasteiger partial charge on any atom is -0.504 e. The molecule has 0 spiro atoms. The Bertz CT molecular complexity index is 3980. The van der Waals surface area contributed by atoms with Gasteiger partial charge in [-0.3, -0.25) is 4.79 Å². The van der Waals surface area contributed by atoms with Crippen LogP contribution >= 0.6 is 0 Å². The monoisotopic (exact) mass is 1840 g/mol. The van der Waals surface area contributed by atoms with Gasteiger partial charge >= 0.3 is 11.9 Å². The van der Waals surface area contributed by atoms with Gasteiger partial charge in [0.25, 0.3) is 0 Å². The lowest BCUT2D eigenvalue weighted by molar-refractivity contribution is -0.386. The molecule has 14 rings (SSSR count). The number of allylic oxidation sites excluding steroid dienone is 2. The van der Waals surface area contributed by atoms with E-state index in [1.54, 1.807) is 0 Å². The maximum absolute atomic E-state index is 15.4. The van der Waals surface area contributed by atoms with Crippen molar-refractivity contribution in [2.24, 2.45) is 50.2 Å². The number of rotatable bonds is 24. The van der Waals surface area contributed by atoms with Crippen LogP contribution in [0, 0.1) is 50.2 Å². The van der Waals surface area contributed by atoms with E-state index < -0.39 is 330 Å². The van der Waals surface area contributed by atoms with Crippen molar-refractivity contribution in [1.82, 2.24) is 0 Å². The van der Waals surface area contributed by atoms with E-state index in [0.29, 0.717) is 64.2 Å². The van der Waals surface area contributed by atoms with Gasteiger partial charge in [0, 0.05) is 11.5 Å². The summed E-state index contributed by atoms with van der Waals surface area (Å²) in [4.78, 5) is 28.5. The van der Waals surface area contributed by atoms with Crippen molar-refractivity contribution < 1.29 is 213 Å². The standard InChI is InChI=1S/C85H130O43/c1-32-49(94)55(100)61(106)73(115-32)124-66-41(26-87)118-71(63(108)58(66)103)113-29-43-53(98)56(101)62(107)75(121-43)128-79(111)85-21-19-80(3,4)24-36(85)35-11-13-46-81(5)17-16-47(82(6,31-89)45(81)15-18-84(46,8)83(35,7)20-22-85)122-77-69(51(96)39(92)28-112-77)127-76-65(110)68(50(95)33(2)116-76)126-72-60(105)54(99)44(30-114-72)120-74-64(109)59(104)67(42(27-88)119-74)125-78-70(57(102)52(97)40(25-86)117-78)123-48(93)14-10-34-9-12-37(90)38(91)23-34/h9-12,14,23,32-33,36,39-47,49-78,86-92,94-110H,13,15-22,24-31H2,1-8H3/b14-10+/t32-,33-,36-,39-,40+,41+,42+,43+,44+,45+,46+,47-,49-,50-,51-,52+,53+,54+,55+,56-,57-,58+,59+,60+,61+,62+,63+,64+,65+,66+,67+,68+,69+,70+,71+,72-,73-,74-,75-,76-,77-,78-,81-,82-,83+,84+,85-/m0/s1. The highest BCUT2D eigenvalue weighted by Gasteiger charge is 2.72. The predicted molar refractivity (Wildman–Crippen MR) is 423 cm³/mol.